The van der Waals surface area contributed by atoms with Crippen LogP contribution in [-0.4, -0.2) is 19.6 Å². The van der Waals surface area contributed by atoms with E-state index < -0.39 is 0 Å². The van der Waals surface area contributed by atoms with E-state index in [-0.39, 0.29) is 11.3 Å². The van der Waals surface area contributed by atoms with Gasteiger partial charge in [-0.25, -0.2) is 0 Å². The van der Waals surface area contributed by atoms with Crippen molar-refractivity contribution in [3.8, 4) is 5.75 Å². The molecule has 110 valence electrons. The second-order valence-electron chi connectivity index (χ2n) is 5.80. The highest BCUT2D eigenvalue weighted by Gasteiger charge is 2.45. The highest BCUT2D eigenvalue weighted by Crippen LogP contribution is 2.50. The van der Waals surface area contributed by atoms with E-state index >= 15 is 0 Å². The first-order valence-electron chi connectivity index (χ1n) is 7.52. The Morgan fingerprint density at radius 2 is 2.10 bits per heavy atom. The minimum Gasteiger partial charge on any atom is -0.497 e. The molecule has 1 aliphatic rings. The Morgan fingerprint density at radius 1 is 1.29 bits per heavy atom. The predicted molar refractivity (Wildman–Crippen MR) is 84.7 cm³/mol. The number of carbonyl (C=O) groups is 1. The van der Waals surface area contributed by atoms with Gasteiger partial charge in [0.05, 0.1) is 7.11 Å². The number of rotatable bonds is 5. The molecule has 1 aliphatic carbocycles. The third-order valence-corrected chi connectivity index (χ3v) is 4.46. The van der Waals surface area contributed by atoms with Gasteiger partial charge in [-0.3, -0.25) is 4.79 Å². The van der Waals surface area contributed by atoms with Crippen LogP contribution in [0.4, 0.5) is 0 Å². The Hall–Kier alpha value is -2.03. The smallest absolute Gasteiger partial charge is 0.219 e. The largest absolute Gasteiger partial charge is 0.497 e. The lowest BCUT2D eigenvalue weighted by atomic mass is 9.90. The van der Waals surface area contributed by atoms with Gasteiger partial charge < -0.3 is 10.1 Å². The van der Waals surface area contributed by atoms with Crippen LogP contribution < -0.4 is 10.1 Å². The number of amides is 1. The molecule has 0 spiro atoms. The zero-order valence-corrected chi connectivity index (χ0v) is 12.6. The number of nitrogens with one attached hydrogen (secondary N) is 1. The molecular formula is C18H21NO2. The number of carbonyl (C=O) groups excluding carboxylic acids is 1. The maximum atomic E-state index is 11.6. The molecule has 0 radical (unpaired) electrons. The molecule has 1 fully saturated rings. The third-order valence-electron chi connectivity index (χ3n) is 4.46. The van der Waals surface area contributed by atoms with Crippen molar-refractivity contribution in [3.63, 3.8) is 0 Å². The molecule has 3 heteroatoms. The van der Waals surface area contributed by atoms with Crippen molar-refractivity contribution in [3.05, 3.63) is 42.0 Å². The summed E-state index contributed by atoms with van der Waals surface area (Å²) in [5.74, 6) is 1.00. The summed E-state index contributed by atoms with van der Waals surface area (Å²) in [6.07, 6.45) is 2.81. The standard InChI is InChI=1S/C18H21NO2/c1-3-17(20)19-12-18(9-10-18)16-6-4-5-13-7-8-14(21-2)11-15(13)16/h4-8,11H,3,9-10,12H2,1-2H3,(H,19,20). The van der Waals surface area contributed by atoms with E-state index in [1.54, 1.807) is 7.11 Å². The van der Waals surface area contributed by atoms with Crippen LogP contribution in [0, 0.1) is 0 Å². The van der Waals surface area contributed by atoms with Crippen LogP contribution in [-0.2, 0) is 10.2 Å². The van der Waals surface area contributed by atoms with E-state index in [0.29, 0.717) is 6.42 Å². The molecule has 21 heavy (non-hydrogen) atoms. The molecule has 0 unspecified atom stereocenters. The maximum absolute atomic E-state index is 11.6. The van der Waals surface area contributed by atoms with Crippen molar-refractivity contribution in [2.45, 2.75) is 31.6 Å². The van der Waals surface area contributed by atoms with Gasteiger partial charge in [-0.1, -0.05) is 31.2 Å². The minimum absolute atomic E-state index is 0.108. The van der Waals surface area contributed by atoms with Crippen LogP contribution in [0.2, 0.25) is 0 Å². The van der Waals surface area contributed by atoms with E-state index in [9.17, 15) is 4.79 Å². The van der Waals surface area contributed by atoms with Gasteiger partial charge in [0.2, 0.25) is 5.91 Å². The molecule has 2 aromatic carbocycles. The maximum Gasteiger partial charge on any atom is 0.219 e. The predicted octanol–water partition coefficient (Wildman–Crippen LogP) is 3.41. The van der Waals surface area contributed by atoms with Crippen LogP contribution >= 0.6 is 0 Å². The number of ether oxygens (including phenoxy) is 1. The minimum atomic E-state index is 0.108. The van der Waals surface area contributed by atoms with Crippen molar-refractivity contribution >= 4 is 16.7 Å². The molecule has 3 nitrogen and oxygen atoms in total. The third kappa shape index (κ3) is 2.60. The van der Waals surface area contributed by atoms with Gasteiger partial charge in [-0.2, -0.15) is 0 Å². The molecule has 0 atom stereocenters. The van der Waals surface area contributed by atoms with Gasteiger partial charge in [0.15, 0.2) is 0 Å². The lowest BCUT2D eigenvalue weighted by Crippen LogP contribution is -2.31. The van der Waals surface area contributed by atoms with Gasteiger partial charge >= 0.3 is 0 Å². The molecule has 0 aromatic heterocycles. The fourth-order valence-corrected chi connectivity index (χ4v) is 2.93. The Bertz CT molecular complexity index is 674. The highest BCUT2D eigenvalue weighted by atomic mass is 16.5. The van der Waals surface area contributed by atoms with E-state index in [1.165, 1.54) is 16.3 Å². The van der Waals surface area contributed by atoms with Crippen molar-refractivity contribution in [2.75, 3.05) is 13.7 Å². The van der Waals surface area contributed by atoms with E-state index in [1.807, 2.05) is 13.0 Å². The number of fused-ring (bicyclic) bond motifs is 1. The van der Waals surface area contributed by atoms with Gasteiger partial charge in [0.25, 0.3) is 0 Å². The lowest BCUT2D eigenvalue weighted by Gasteiger charge is -2.19. The van der Waals surface area contributed by atoms with Gasteiger partial charge in [-0.05, 0) is 41.3 Å². The number of benzene rings is 2. The Morgan fingerprint density at radius 3 is 2.76 bits per heavy atom. The first-order chi connectivity index (χ1) is 10.2. The summed E-state index contributed by atoms with van der Waals surface area (Å²) in [6.45, 7) is 2.62. The molecule has 0 bridgehead atoms. The summed E-state index contributed by atoms with van der Waals surface area (Å²) in [5.41, 5.74) is 1.44. The lowest BCUT2D eigenvalue weighted by molar-refractivity contribution is -0.120. The van der Waals surface area contributed by atoms with Crippen LogP contribution in [0.3, 0.4) is 0 Å². The summed E-state index contributed by atoms with van der Waals surface area (Å²) < 4.78 is 5.36. The zero-order valence-electron chi connectivity index (χ0n) is 12.6. The van der Waals surface area contributed by atoms with Crippen LogP contribution in [0.25, 0.3) is 10.8 Å². The highest BCUT2D eigenvalue weighted by molar-refractivity contribution is 5.88. The zero-order chi connectivity index (χ0) is 14.9. The van der Waals surface area contributed by atoms with Crippen molar-refractivity contribution in [1.29, 1.82) is 0 Å². The number of hydrogen-bond donors (Lipinski definition) is 1. The van der Waals surface area contributed by atoms with Gasteiger partial charge in [0, 0.05) is 18.4 Å². The summed E-state index contributed by atoms with van der Waals surface area (Å²) in [6, 6.07) is 12.6. The average molecular weight is 283 g/mol. The molecular weight excluding hydrogens is 262 g/mol. The first-order valence-corrected chi connectivity index (χ1v) is 7.52. The summed E-state index contributed by atoms with van der Waals surface area (Å²) >= 11 is 0. The van der Waals surface area contributed by atoms with E-state index in [4.69, 9.17) is 4.74 Å². The average Bonchev–Trinajstić information content (AvgIpc) is 3.32. The summed E-state index contributed by atoms with van der Waals surface area (Å²) in [7, 11) is 1.69. The quantitative estimate of drug-likeness (QED) is 0.913. The summed E-state index contributed by atoms with van der Waals surface area (Å²) in [4.78, 5) is 11.6. The second-order valence-corrected chi connectivity index (χ2v) is 5.80. The summed E-state index contributed by atoms with van der Waals surface area (Å²) in [5, 5.41) is 5.52. The number of methoxy groups -OCH3 is 1. The number of hydrogen-bond acceptors (Lipinski definition) is 2. The van der Waals surface area contributed by atoms with Crippen molar-refractivity contribution < 1.29 is 9.53 Å². The normalized spacial score (nSPS) is 15.7. The first kappa shape index (κ1) is 13.9. The van der Waals surface area contributed by atoms with Crippen LogP contribution in [0.1, 0.15) is 31.7 Å². The Kier molecular flexibility index (Phi) is 3.58. The molecule has 0 aliphatic heterocycles. The molecule has 0 heterocycles. The fourth-order valence-electron chi connectivity index (χ4n) is 2.93. The Labute approximate surface area is 125 Å². The molecule has 0 saturated heterocycles. The molecule has 3 rings (SSSR count). The molecule has 2 aromatic rings. The Balaban J connectivity index is 1.97. The van der Waals surface area contributed by atoms with Crippen LogP contribution in [0.15, 0.2) is 36.4 Å². The fraction of sp³-hybridized carbons (Fsp3) is 0.389. The van der Waals surface area contributed by atoms with Crippen molar-refractivity contribution in [1.82, 2.24) is 5.32 Å². The SMILES string of the molecule is CCC(=O)NCC1(c2cccc3ccc(OC)cc23)CC1. The van der Waals surface area contributed by atoms with Gasteiger partial charge in [-0.15, -0.1) is 0 Å². The monoisotopic (exact) mass is 283 g/mol. The van der Waals surface area contributed by atoms with E-state index in [0.717, 1.165) is 25.1 Å². The topological polar surface area (TPSA) is 38.3 Å². The van der Waals surface area contributed by atoms with E-state index in [2.05, 4.69) is 35.6 Å². The van der Waals surface area contributed by atoms with Gasteiger partial charge in [0.1, 0.15) is 5.75 Å². The molecule has 1 amide bonds. The second kappa shape index (κ2) is 5.40. The molecule has 1 N–H and O–H groups in total. The van der Waals surface area contributed by atoms with Crippen LogP contribution in [0.5, 0.6) is 5.75 Å². The molecule has 1 saturated carbocycles. The van der Waals surface area contributed by atoms with Crippen molar-refractivity contribution in [2.24, 2.45) is 0 Å².